The molecule has 1 aliphatic heterocycles. The van der Waals surface area contributed by atoms with Crippen LogP contribution in [0.25, 0.3) is 0 Å². The second-order valence-electron chi connectivity index (χ2n) is 7.33. The molecule has 1 saturated carbocycles. The summed E-state index contributed by atoms with van der Waals surface area (Å²) in [6, 6.07) is 4.10. The molecule has 0 unspecified atom stereocenters. The van der Waals surface area contributed by atoms with Gasteiger partial charge in [-0.25, -0.2) is 13.2 Å². The lowest BCUT2D eigenvalue weighted by atomic mass is 9.78. The number of hydrogen-bond acceptors (Lipinski definition) is 5. The third-order valence-corrected chi connectivity index (χ3v) is 6.92. The number of amides is 1. The van der Waals surface area contributed by atoms with E-state index in [-0.39, 0.29) is 34.0 Å². The lowest BCUT2D eigenvalue weighted by Gasteiger charge is -2.44. The van der Waals surface area contributed by atoms with Crippen LogP contribution in [0.5, 0.6) is 0 Å². The summed E-state index contributed by atoms with van der Waals surface area (Å²) in [5.41, 5.74) is -0.0541. The van der Waals surface area contributed by atoms with Gasteiger partial charge in [-0.05, 0) is 49.8 Å². The van der Waals surface area contributed by atoms with Gasteiger partial charge in [0.05, 0.1) is 15.5 Å². The Morgan fingerprint density at radius 2 is 1.89 bits per heavy atom. The molecule has 1 amide bonds. The van der Waals surface area contributed by atoms with Gasteiger partial charge in [0.2, 0.25) is 0 Å². The summed E-state index contributed by atoms with van der Waals surface area (Å²) in [4.78, 5) is 26.8. The average Bonchev–Trinajstić information content (AvgIpc) is 2.64. The zero-order valence-electron chi connectivity index (χ0n) is 15.3. The van der Waals surface area contributed by atoms with Gasteiger partial charge < -0.3 is 9.64 Å². The number of carbonyl (C=O) groups is 2. The maximum atomic E-state index is 12.6. The van der Waals surface area contributed by atoms with E-state index in [1.807, 2.05) is 4.90 Å². The van der Waals surface area contributed by atoms with E-state index < -0.39 is 15.8 Å². The largest absolute Gasteiger partial charge is 0.452 e. The standard InChI is InChI=1S/C19H24ClNO5S/c1-27(24,25)14-8-9-16(20)15(11-14)19(23)26-12-18(22)21-10-4-6-13-5-2-3-7-17(13)21/h8-9,11,13,17H,2-7,10,12H2,1H3/t13-,17-/m0/s1. The number of esters is 1. The Balaban J connectivity index is 1.66. The Morgan fingerprint density at radius 1 is 1.19 bits per heavy atom. The molecule has 1 aromatic carbocycles. The maximum absolute atomic E-state index is 12.6. The van der Waals surface area contributed by atoms with Crippen molar-refractivity contribution in [2.45, 2.75) is 49.5 Å². The first-order valence-corrected chi connectivity index (χ1v) is 11.5. The minimum absolute atomic E-state index is 0.0220. The number of halogens is 1. The molecule has 1 aliphatic carbocycles. The molecule has 148 valence electrons. The number of benzene rings is 1. The van der Waals surface area contributed by atoms with Crippen LogP contribution < -0.4 is 0 Å². The smallest absolute Gasteiger partial charge is 0.340 e. The summed E-state index contributed by atoms with van der Waals surface area (Å²) < 4.78 is 28.5. The number of nitrogens with zero attached hydrogens (tertiary/aromatic N) is 1. The summed E-state index contributed by atoms with van der Waals surface area (Å²) in [5, 5.41) is 0.0881. The second kappa shape index (κ2) is 8.19. The maximum Gasteiger partial charge on any atom is 0.340 e. The van der Waals surface area contributed by atoms with E-state index in [0.717, 1.165) is 38.4 Å². The van der Waals surface area contributed by atoms with Crippen molar-refractivity contribution in [3.05, 3.63) is 28.8 Å². The van der Waals surface area contributed by atoms with E-state index in [4.69, 9.17) is 16.3 Å². The normalized spacial score (nSPS) is 22.8. The van der Waals surface area contributed by atoms with Gasteiger partial charge in [-0.1, -0.05) is 24.4 Å². The summed E-state index contributed by atoms with van der Waals surface area (Å²) in [6.07, 6.45) is 7.68. The number of rotatable bonds is 4. The molecular formula is C19H24ClNO5S. The van der Waals surface area contributed by atoms with E-state index in [1.54, 1.807) is 0 Å². The van der Waals surface area contributed by atoms with E-state index >= 15 is 0 Å². The van der Waals surface area contributed by atoms with Crippen molar-refractivity contribution < 1.29 is 22.7 Å². The number of sulfone groups is 1. The molecule has 0 spiro atoms. The quantitative estimate of drug-likeness (QED) is 0.708. The first kappa shape index (κ1) is 20.1. The molecule has 1 aromatic rings. The van der Waals surface area contributed by atoms with Gasteiger partial charge in [-0.15, -0.1) is 0 Å². The fourth-order valence-corrected chi connectivity index (χ4v) is 4.96. The number of carbonyl (C=O) groups excluding carboxylic acids is 2. The molecule has 1 saturated heterocycles. The van der Waals surface area contributed by atoms with Gasteiger partial charge >= 0.3 is 5.97 Å². The predicted molar refractivity (Wildman–Crippen MR) is 102 cm³/mol. The molecule has 27 heavy (non-hydrogen) atoms. The van der Waals surface area contributed by atoms with Gasteiger partial charge in [0.1, 0.15) is 0 Å². The lowest BCUT2D eigenvalue weighted by molar-refractivity contribution is -0.140. The van der Waals surface area contributed by atoms with Gasteiger partial charge in [0.15, 0.2) is 16.4 Å². The van der Waals surface area contributed by atoms with Gasteiger partial charge in [0.25, 0.3) is 5.91 Å². The number of hydrogen-bond donors (Lipinski definition) is 0. The Bertz CT molecular complexity index is 837. The molecule has 2 aliphatic rings. The predicted octanol–water partition coefficient (Wildman–Crippen LogP) is 3.08. The van der Waals surface area contributed by atoms with Crippen molar-refractivity contribution in [3.63, 3.8) is 0 Å². The van der Waals surface area contributed by atoms with Gasteiger partial charge in [-0.2, -0.15) is 0 Å². The van der Waals surface area contributed by atoms with Crippen LogP contribution in [0.15, 0.2) is 23.1 Å². The highest BCUT2D eigenvalue weighted by molar-refractivity contribution is 7.90. The van der Waals surface area contributed by atoms with Crippen molar-refractivity contribution in [3.8, 4) is 0 Å². The van der Waals surface area contributed by atoms with Crippen LogP contribution in [-0.2, 0) is 19.4 Å². The molecule has 2 fully saturated rings. The Hall–Kier alpha value is -1.60. The topological polar surface area (TPSA) is 80.7 Å². The molecule has 0 aromatic heterocycles. The Kier molecular flexibility index (Phi) is 6.11. The van der Waals surface area contributed by atoms with Crippen LogP contribution in [0, 0.1) is 5.92 Å². The molecule has 8 heteroatoms. The highest BCUT2D eigenvalue weighted by atomic mass is 35.5. The van der Waals surface area contributed by atoms with Gasteiger partial charge in [0, 0.05) is 18.8 Å². The van der Waals surface area contributed by atoms with Crippen LogP contribution in [0.2, 0.25) is 5.02 Å². The third-order valence-electron chi connectivity index (χ3n) is 5.48. The molecule has 3 rings (SSSR count). The van der Waals surface area contributed by atoms with E-state index in [1.165, 1.54) is 24.6 Å². The van der Waals surface area contributed by atoms with Gasteiger partial charge in [-0.3, -0.25) is 4.79 Å². The number of piperidine rings is 1. The molecule has 0 bridgehead atoms. The van der Waals surface area contributed by atoms with Crippen LogP contribution in [0.3, 0.4) is 0 Å². The monoisotopic (exact) mass is 413 g/mol. The van der Waals surface area contributed by atoms with E-state index in [9.17, 15) is 18.0 Å². The number of fused-ring (bicyclic) bond motifs is 1. The van der Waals surface area contributed by atoms with Crippen molar-refractivity contribution in [1.29, 1.82) is 0 Å². The third kappa shape index (κ3) is 4.63. The fourth-order valence-electron chi connectivity index (χ4n) is 4.11. The molecule has 2 atom stereocenters. The number of likely N-dealkylation sites (tertiary alicyclic amines) is 1. The first-order valence-electron chi connectivity index (χ1n) is 9.23. The van der Waals surface area contributed by atoms with Crippen LogP contribution >= 0.6 is 11.6 Å². The minimum atomic E-state index is -3.48. The van der Waals surface area contributed by atoms with Crippen LogP contribution in [0.4, 0.5) is 0 Å². The minimum Gasteiger partial charge on any atom is -0.452 e. The summed E-state index contributed by atoms with van der Waals surface area (Å²) in [6.45, 7) is 0.337. The average molecular weight is 414 g/mol. The molecule has 0 N–H and O–H groups in total. The lowest BCUT2D eigenvalue weighted by Crippen LogP contribution is -2.50. The summed E-state index contributed by atoms with van der Waals surface area (Å²) in [5.74, 6) is -0.445. The summed E-state index contributed by atoms with van der Waals surface area (Å²) in [7, 11) is -3.48. The Labute approximate surface area is 164 Å². The highest BCUT2D eigenvalue weighted by Crippen LogP contribution is 2.35. The fraction of sp³-hybridized carbons (Fsp3) is 0.579. The highest BCUT2D eigenvalue weighted by Gasteiger charge is 2.35. The molecular weight excluding hydrogens is 390 g/mol. The van der Waals surface area contributed by atoms with Crippen molar-refractivity contribution >= 4 is 33.3 Å². The van der Waals surface area contributed by atoms with Crippen molar-refractivity contribution in [1.82, 2.24) is 4.90 Å². The first-order chi connectivity index (χ1) is 12.8. The van der Waals surface area contributed by atoms with E-state index in [2.05, 4.69) is 0 Å². The van der Waals surface area contributed by atoms with Crippen LogP contribution in [0.1, 0.15) is 48.9 Å². The number of ether oxygens (including phenoxy) is 1. The SMILES string of the molecule is CS(=O)(=O)c1ccc(Cl)c(C(=O)OCC(=O)N2CCC[C@@H]3CCCC[C@@H]32)c1. The van der Waals surface area contributed by atoms with E-state index in [0.29, 0.717) is 12.5 Å². The zero-order valence-corrected chi connectivity index (χ0v) is 16.9. The molecule has 0 radical (unpaired) electrons. The van der Waals surface area contributed by atoms with Crippen molar-refractivity contribution in [2.24, 2.45) is 5.92 Å². The van der Waals surface area contributed by atoms with Crippen LogP contribution in [-0.4, -0.2) is 50.6 Å². The molecule has 1 heterocycles. The second-order valence-corrected chi connectivity index (χ2v) is 9.75. The molecule has 6 nitrogen and oxygen atoms in total. The van der Waals surface area contributed by atoms with Crippen molar-refractivity contribution in [2.75, 3.05) is 19.4 Å². The Morgan fingerprint density at radius 3 is 2.63 bits per heavy atom. The zero-order chi connectivity index (χ0) is 19.6. The summed E-state index contributed by atoms with van der Waals surface area (Å²) >= 11 is 6.01.